The van der Waals surface area contributed by atoms with Crippen LogP contribution < -0.4 is 5.32 Å². The van der Waals surface area contributed by atoms with Gasteiger partial charge in [-0.1, -0.05) is 24.3 Å². The van der Waals surface area contributed by atoms with Crippen LogP contribution in [0.25, 0.3) is 0 Å². The standard InChI is InChI=1S/C23H29N3O3/c1-4-25(5-2)22(27)17-10-8-11-18(16-17)24-21-19-12-6-7-13-20(19)23(28)26(21)14-9-15-29-3/h6-8,10-13,16,21,24H,4-5,9,14-15H2,1-3H3/t21-/m0/s1. The maximum absolute atomic E-state index is 12.9. The summed E-state index contributed by atoms with van der Waals surface area (Å²) in [6.07, 6.45) is 0.490. The second-order valence-corrected chi connectivity index (χ2v) is 7.04. The van der Waals surface area contributed by atoms with Crippen molar-refractivity contribution in [2.75, 3.05) is 38.7 Å². The number of fused-ring (bicyclic) bond motifs is 1. The van der Waals surface area contributed by atoms with Crippen LogP contribution in [0.3, 0.4) is 0 Å². The van der Waals surface area contributed by atoms with Crippen LogP contribution in [0.4, 0.5) is 5.69 Å². The first-order valence-corrected chi connectivity index (χ1v) is 10.1. The Balaban J connectivity index is 1.86. The number of nitrogens with zero attached hydrogens (tertiary/aromatic N) is 2. The fourth-order valence-electron chi connectivity index (χ4n) is 3.73. The van der Waals surface area contributed by atoms with Gasteiger partial charge in [-0.05, 0) is 44.5 Å². The van der Waals surface area contributed by atoms with E-state index >= 15 is 0 Å². The van der Waals surface area contributed by atoms with Gasteiger partial charge in [0.05, 0.1) is 0 Å². The van der Waals surface area contributed by atoms with Crippen molar-refractivity contribution >= 4 is 17.5 Å². The molecule has 1 atom stereocenters. The number of hydrogen-bond donors (Lipinski definition) is 1. The van der Waals surface area contributed by atoms with E-state index in [2.05, 4.69) is 5.32 Å². The van der Waals surface area contributed by atoms with E-state index in [1.807, 2.05) is 67.3 Å². The smallest absolute Gasteiger partial charge is 0.256 e. The normalized spacial score (nSPS) is 15.3. The first-order chi connectivity index (χ1) is 14.1. The summed E-state index contributed by atoms with van der Waals surface area (Å²) in [5.74, 6) is 0.0306. The van der Waals surface area contributed by atoms with Crippen LogP contribution in [0.15, 0.2) is 48.5 Å². The van der Waals surface area contributed by atoms with Crippen molar-refractivity contribution in [3.63, 3.8) is 0 Å². The monoisotopic (exact) mass is 395 g/mol. The highest BCUT2D eigenvalue weighted by Crippen LogP contribution is 2.34. The Morgan fingerprint density at radius 1 is 1.14 bits per heavy atom. The van der Waals surface area contributed by atoms with Gasteiger partial charge in [0.2, 0.25) is 0 Å². The van der Waals surface area contributed by atoms with Crippen molar-refractivity contribution in [2.24, 2.45) is 0 Å². The summed E-state index contributed by atoms with van der Waals surface area (Å²) in [5, 5.41) is 3.47. The molecule has 0 saturated heterocycles. The minimum absolute atomic E-state index is 0.0125. The van der Waals surface area contributed by atoms with Crippen LogP contribution in [0.5, 0.6) is 0 Å². The summed E-state index contributed by atoms with van der Waals surface area (Å²) < 4.78 is 5.15. The van der Waals surface area contributed by atoms with Crippen molar-refractivity contribution < 1.29 is 14.3 Å². The molecule has 1 heterocycles. The van der Waals surface area contributed by atoms with Crippen LogP contribution >= 0.6 is 0 Å². The molecule has 2 aromatic carbocycles. The Labute approximate surface area is 172 Å². The average Bonchev–Trinajstić information content (AvgIpc) is 3.01. The molecule has 2 aromatic rings. The highest BCUT2D eigenvalue weighted by atomic mass is 16.5. The van der Waals surface area contributed by atoms with E-state index < -0.39 is 0 Å². The molecule has 0 saturated carbocycles. The van der Waals surface area contributed by atoms with Crippen LogP contribution in [-0.4, -0.2) is 55.0 Å². The lowest BCUT2D eigenvalue weighted by Crippen LogP contribution is -2.34. The molecule has 1 aliphatic heterocycles. The molecule has 1 N–H and O–H groups in total. The Morgan fingerprint density at radius 3 is 2.62 bits per heavy atom. The van der Waals surface area contributed by atoms with Gasteiger partial charge in [-0.25, -0.2) is 0 Å². The van der Waals surface area contributed by atoms with Gasteiger partial charge < -0.3 is 19.9 Å². The van der Waals surface area contributed by atoms with Crippen molar-refractivity contribution in [1.29, 1.82) is 0 Å². The van der Waals surface area contributed by atoms with E-state index in [1.165, 1.54) is 0 Å². The van der Waals surface area contributed by atoms with E-state index in [1.54, 1.807) is 12.0 Å². The van der Waals surface area contributed by atoms with Crippen molar-refractivity contribution in [2.45, 2.75) is 26.4 Å². The fraction of sp³-hybridized carbons (Fsp3) is 0.391. The van der Waals surface area contributed by atoms with Crippen molar-refractivity contribution in [1.82, 2.24) is 9.80 Å². The molecule has 2 amide bonds. The largest absolute Gasteiger partial charge is 0.385 e. The summed E-state index contributed by atoms with van der Waals surface area (Å²) in [5.41, 5.74) is 3.13. The molecule has 6 heteroatoms. The van der Waals surface area contributed by atoms with Gasteiger partial charge in [0.15, 0.2) is 0 Å². The number of anilines is 1. The fourth-order valence-corrected chi connectivity index (χ4v) is 3.73. The zero-order valence-corrected chi connectivity index (χ0v) is 17.4. The molecule has 0 spiro atoms. The topological polar surface area (TPSA) is 61.9 Å². The van der Waals surface area contributed by atoms with Gasteiger partial charge in [0, 0.05) is 55.7 Å². The predicted molar refractivity (Wildman–Crippen MR) is 114 cm³/mol. The number of carbonyl (C=O) groups excluding carboxylic acids is 2. The van der Waals surface area contributed by atoms with E-state index in [0.717, 1.165) is 23.2 Å². The van der Waals surface area contributed by atoms with Crippen molar-refractivity contribution in [3.8, 4) is 0 Å². The number of ether oxygens (including phenoxy) is 1. The SMILES string of the molecule is CCN(CC)C(=O)c1cccc(N[C@@H]2c3ccccc3C(=O)N2CCCOC)c1. The van der Waals surface area contributed by atoms with Crippen LogP contribution in [-0.2, 0) is 4.74 Å². The van der Waals surface area contributed by atoms with Crippen LogP contribution in [0.1, 0.15) is 52.7 Å². The summed E-state index contributed by atoms with van der Waals surface area (Å²) in [6, 6.07) is 15.2. The number of hydrogen-bond acceptors (Lipinski definition) is 4. The zero-order valence-electron chi connectivity index (χ0n) is 17.4. The quantitative estimate of drug-likeness (QED) is 0.657. The summed E-state index contributed by atoms with van der Waals surface area (Å²) >= 11 is 0. The number of carbonyl (C=O) groups is 2. The molecule has 154 valence electrons. The first-order valence-electron chi connectivity index (χ1n) is 10.1. The van der Waals surface area contributed by atoms with E-state index in [-0.39, 0.29) is 18.0 Å². The van der Waals surface area contributed by atoms with E-state index in [4.69, 9.17) is 4.74 Å². The van der Waals surface area contributed by atoms with Gasteiger partial charge in [0.25, 0.3) is 11.8 Å². The highest BCUT2D eigenvalue weighted by molar-refractivity contribution is 5.99. The summed E-state index contributed by atoms with van der Waals surface area (Å²) in [4.78, 5) is 29.3. The van der Waals surface area contributed by atoms with Crippen LogP contribution in [0, 0.1) is 0 Å². The van der Waals surface area contributed by atoms with Crippen molar-refractivity contribution in [3.05, 3.63) is 65.2 Å². The molecule has 0 radical (unpaired) electrons. The Kier molecular flexibility index (Phi) is 6.88. The summed E-state index contributed by atoms with van der Waals surface area (Å²) in [6.45, 7) is 6.48. The molecule has 0 aliphatic carbocycles. The number of nitrogens with one attached hydrogen (secondary N) is 1. The number of benzene rings is 2. The highest BCUT2D eigenvalue weighted by Gasteiger charge is 2.36. The number of methoxy groups -OCH3 is 1. The Bertz CT molecular complexity index is 864. The first kappa shape index (κ1) is 20.9. The summed E-state index contributed by atoms with van der Waals surface area (Å²) in [7, 11) is 1.66. The van der Waals surface area contributed by atoms with Gasteiger partial charge >= 0.3 is 0 Å². The second kappa shape index (κ2) is 9.56. The maximum Gasteiger partial charge on any atom is 0.256 e. The lowest BCUT2D eigenvalue weighted by atomic mass is 10.1. The lowest BCUT2D eigenvalue weighted by Gasteiger charge is -2.27. The predicted octanol–water partition coefficient (Wildman–Crippen LogP) is 3.77. The molecule has 1 aliphatic rings. The minimum Gasteiger partial charge on any atom is -0.385 e. The third-order valence-electron chi connectivity index (χ3n) is 5.27. The molecule has 0 aromatic heterocycles. The van der Waals surface area contributed by atoms with Gasteiger partial charge in [-0.2, -0.15) is 0 Å². The second-order valence-electron chi connectivity index (χ2n) is 7.04. The molecule has 0 fully saturated rings. The molecule has 29 heavy (non-hydrogen) atoms. The zero-order chi connectivity index (χ0) is 20.8. The average molecular weight is 396 g/mol. The van der Waals surface area contributed by atoms with Crippen LogP contribution in [0.2, 0.25) is 0 Å². The van der Waals surface area contributed by atoms with Gasteiger partial charge in [-0.3, -0.25) is 9.59 Å². The minimum atomic E-state index is -0.269. The lowest BCUT2D eigenvalue weighted by molar-refractivity contribution is 0.0720. The molecule has 0 bridgehead atoms. The molecule has 6 nitrogen and oxygen atoms in total. The molecule has 0 unspecified atom stereocenters. The Hall–Kier alpha value is -2.86. The molecule has 3 rings (SSSR count). The van der Waals surface area contributed by atoms with E-state index in [0.29, 0.717) is 31.8 Å². The van der Waals surface area contributed by atoms with Gasteiger partial charge in [-0.15, -0.1) is 0 Å². The third kappa shape index (κ3) is 4.43. The number of rotatable bonds is 9. The van der Waals surface area contributed by atoms with E-state index in [9.17, 15) is 9.59 Å². The third-order valence-corrected chi connectivity index (χ3v) is 5.27. The molecular formula is C23H29N3O3. The molecular weight excluding hydrogens is 366 g/mol. The number of amides is 2. The maximum atomic E-state index is 12.9. The Morgan fingerprint density at radius 2 is 1.90 bits per heavy atom. The van der Waals surface area contributed by atoms with Gasteiger partial charge in [0.1, 0.15) is 6.17 Å².